The summed E-state index contributed by atoms with van der Waals surface area (Å²) < 4.78 is 2.92. The summed E-state index contributed by atoms with van der Waals surface area (Å²) in [6.45, 7) is 2.65. The van der Waals surface area contributed by atoms with Crippen molar-refractivity contribution in [3.8, 4) is 0 Å². The lowest BCUT2D eigenvalue weighted by Gasteiger charge is -2.19. The van der Waals surface area contributed by atoms with E-state index >= 15 is 0 Å². The van der Waals surface area contributed by atoms with E-state index in [4.69, 9.17) is 23.2 Å². The molecule has 0 saturated carbocycles. The molecule has 0 spiro atoms. The number of carbonyl (C=O) groups is 2. The lowest BCUT2D eigenvalue weighted by molar-refractivity contribution is -0.146. The molecule has 1 unspecified atom stereocenters. The van der Waals surface area contributed by atoms with Crippen LogP contribution in [0.25, 0.3) is 0 Å². The Bertz CT molecular complexity index is 167. The average Bonchev–Trinajstić information content (AvgIpc) is 1.86. The third-order valence-corrected chi connectivity index (χ3v) is 1.83. The van der Waals surface area contributed by atoms with Gasteiger partial charge in [-0.25, -0.2) is 0 Å². The summed E-state index contributed by atoms with van der Waals surface area (Å²) in [7, 11) is 0. The molecular formula is C6H8Cl2O3. The summed E-state index contributed by atoms with van der Waals surface area (Å²) in [4.78, 5) is 20.6. The molecule has 0 bridgehead atoms. The molecule has 0 aromatic heterocycles. The number of alkyl halides is 2. The molecule has 0 amide bonds. The predicted molar refractivity (Wildman–Crippen MR) is 41.7 cm³/mol. The van der Waals surface area contributed by atoms with Crippen molar-refractivity contribution in [1.29, 1.82) is 0 Å². The topological polar surface area (TPSA) is 43.4 Å². The molecule has 0 N–H and O–H groups in total. The molecule has 0 aliphatic carbocycles. The molecule has 1 atom stereocenters. The van der Waals surface area contributed by atoms with Crippen LogP contribution in [0.3, 0.4) is 0 Å². The first-order valence-electron chi connectivity index (χ1n) is 2.91. The average molecular weight is 199 g/mol. The van der Waals surface area contributed by atoms with Crippen molar-refractivity contribution in [1.82, 2.24) is 0 Å². The van der Waals surface area contributed by atoms with E-state index in [0.29, 0.717) is 6.29 Å². The molecule has 0 radical (unpaired) electrons. The van der Waals surface area contributed by atoms with E-state index in [2.05, 4.69) is 4.74 Å². The first-order chi connectivity index (χ1) is 4.90. The number of aldehydes is 1. The maximum absolute atomic E-state index is 10.4. The van der Waals surface area contributed by atoms with E-state index in [0.717, 1.165) is 0 Å². The Hall–Kier alpha value is -0.280. The number of carbonyl (C=O) groups excluding carboxylic acids is 2. The Balaban J connectivity index is 4.11. The van der Waals surface area contributed by atoms with Gasteiger partial charge in [0.1, 0.15) is 6.10 Å². The maximum Gasteiger partial charge on any atom is 0.303 e. The molecular weight excluding hydrogens is 191 g/mol. The summed E-state index contributed by atoms with van der Waals surface area (Å²) in [5.74, 6) is -0.523. The molecule has 0 aromatic rings. The molecule has 0 rings (SSSR count). The van der Waals surface area contributed by atoms with Crippen LogP contribution < -0.4 is 0 Å². The van der Waals surface area contributed by atoms with E-state index in [1.165, 1.54) is 13.8 Å². The van der Waals surface area contributed by atoms with E-state index in [9.17, 15) is 9.59 Å². The van der Waals surface area contributed by atoms with Gasteiger partial charge in [-0.05, 0) is 6.92 Å². The fourth-order valence-corrected chi connectivity index (χ4v) is 0.512. The van der Waals surface area contributed by atoms with Crippen molar-refractivity contribution in [2.75, 3.05) is 0 Å². The van der Waals surface area contributed by atoms with Crippen LogP contribution in [0.4, 0.5) is 0 Å². The number of hydrogen-bond acceptors (Lipinski definition) is 3. The number of hydrogen-bond donors (Lipinski definition) is 0. The van der Waals surface area contributed by atoms with Crippen molar-refractivity contribution in [2.45, 2.75) is 24.3 Å². The molecule has 0 saturated heterocycles. The zero-order chi connectivity index (χ0) is 9.07. The van der Waals surface area contributed by atoms with Gasteiger partial charge in [0.05, 0.1) is 0 Å². The van der Waals surface area contributed by atoms with Crippen LogP contribution >= 0.6 is 23.2 Å². The van der Waals surface area contributed by atoms with Gasteiger partial charge in [-0.2, -0.15) is 0 Å². The van der Waals surface area contributed by atoms with E-state index in [-0.39, 0.29) is 0 Å². The zero-order valence-corrected chi connectivity index (χ0v) is 7.65. The van der Waals surface area contributed by atoms with Crippen molar-refractivity contribution in [3.63, 3.8) is 0 Å². The molecule has 0 aliphatic heterocycles. The Morgan fingerprint density at radius 1 is 1.64 bits per heavy atom. The van der Waals surface area contributed by atoms with Crippen molar-refractivity contribution >= 4 is 35.5 Å². The Labute approximate surface area is 74.6 Å². The van der Waals surface area contributed by atoms with Crippen molar-refractivity contribution < 1.29 is 14.3 Å². The monoisotopic (exact) mass is 198 g/mol. The normalized spacial score (nSPS) is 13.8. The van der Waals surface area contributed by atoms with Crippen LogP contribution in [-0.4, -0.2) is 22.7 Å². The lowest BCUT2D eigenvalue weighted by Crippen LogP contribution is -2.33. The molecule has 5 heteroatoms. The molecule has 3 nitrogen and oxygen atoms in total. The quantitative estimate of drug-likeness (QED) is 0.391. The standard InChI is InChI=1S/C6H8Cl2O3/c1-4(11-5(2)10)6(7,8)3-9/h3-4H,1-2H3. The van der Waals surface area contributed by atoms with Crippen LogP contribution in [0, 0.1) is 0 Å². The summed E-state index contributed by atoms with van der Waals surface area (Å²) in [6.07, 6.45) is -0.509. The number of ether oxygens (including phenoxy) is 1. The second-order valence-corrected chi connectivity index (χ2v) is 3.49. The molecule has 0 fully saturated rings. The third kappa shape index (κ3) is 3.58. The van der Waals surface area contributed by atoms with Gasteiger partial charge >= 0.3 is 5.97 Å². The molecule has 0 heterocycles. The Morgan fingerprint density at radius 3 is 2.36 bits per heavy atom. The largest absolute Gasteiger partial charge is 0.459 e. The number of halogens is 2. The summed E-state index contributed by atoms with van der Waals surface area (Å²) in [6, 6.07) is 0. The highest BCUT2D eigenvalue weighted by Crippen LogP contribution is 2.24. The fraction of sp³-hybridized carbons (Fsp3) is 0.667. The van der Waals surface area contributed by atoms with Crippen LogP contribution in [-0.2, 0) is 14.3 Å². The highest BCUT2D eigenvalue weighted by atomic mass is 35.5. The summed E-state index contributed by atoms with van der Waals surface area (Å²) >= 11 is 10.9. The minimum absolute atomic E-state index is 0.323. The Morgan fingerprint density at radius 2 is 2.09 bits per heavy atom. The van der Waals surface area contributed by atoms with Crippen LogP contribution in [0.15, 0.2) is 0 Å². The van der Waals surface area contributed by atoms with E-state index < -0.39 is 16.4 Å². The van der Waals surface area contributed by atoms with Gasteiger partial charge < -0.3 is 4.74 Å². The molecule has 64 valence electrons. The SMILES string of the molecule is CC(=O)OC(C)C(Cl)(Cl)C=O. The Kier molecular flexibility index (Phi) is 3.83. The second-order valence-electron chi connectivity index (χ2n) is 2.04. The minimum Gasteiger partial charge on any atom is -0.459 e. The number of esters is 1. The first-order valence-corrected chi connectivity index (χ1v) is 3.67. The summed E-state index contributed by atoms with van der Waals surface area (Å²) in [5, 5.41) is 0. The van der Waals surface area contributed by atoms with Gasteiger partial charge in [-0.15, -0.1) is 0 Å². The van der Waals surface area contributed by atoms with E-state index in [1.807, 2.05) is 0 Å². The van der Waals surface area contributed by atoms with Gasteiger partial charge in [0, 0.05) is 6.92 Å². The van der Waals surface area contributed by atoms with Crippen LogP contribution in [0.2, 0.25) is 0 Å². The predicted octanol–water partition coefficient (Wildman–Crippen LogP) is 1.31. The summed E-state index contributed by atoms with van der Waals surface area (Å²) in [5.41, 5.74) is 0. The van der Waals surface area contributed by atoms with E-state index in [1.54, 1.807) is 0 Å². The molecule has 0 aliphatic rings. The zero-order valence-electron chi connectivity index (χ0n) is 6.14. The highest BCUT2D eigenvalue weighted by Gasteiger charge is 2.33. The maximum atomic E-state index is 10.4. The van der Waals surface area contributed by atoms with Crippen LogP contribution in [0.1, 0.15) is 13.8 Å². The first kappa shape index (κ1) is 10.7. The van der Waals surface area contributed by atoms with Crippen molar-refractivity contribution in [2.24, 2.45) is 0 Å². The highest BCUT2D eigenvalue weighted by molar-refractivity contribution is 6.56. The smallest absolute Gasteiger partial charge is 0.303 e. The fourth-order valence-electron chi connectivity index (χ4n) is 0.423. The number of rotatable bonds is 3. The third-order valence-electron chi connectivity index (χ3n) is 1.04. The molecule has 11 heavy (non-hydrogen) atoms. The van der Waals surface area contributed by atoms with Gasteiger partial charge in [0.25, 0.3) is 0 Å². The van der Waals surface area contributed by atoms with Gasteiger partial charge in [-0.3, -0.25) is 9.59 Å². The van der Waals surface area contributed by atoms with Crippen LogP contribution in [0.5, 0.6) is 0 Å². The van der Waals surface area contributed by atoms with Crippen molar-refractivity contribution in [3.05, 3.63) is 0 Å². The van der Waals surface area contributed by atoms with Gasteiger partial charge in [0.15, 0.2) is 6.29 Å². The minimum atomic E-state index is -1.65. The van der Waals surface area contributed by atoms with Gasteiger partial charge in [0.2, 0.25) is 4.33 Å². The molecule has 0 aromatic carbocycles. The lowest BCUT2D eigenvalue weighted by atomic mass is 10.3. The van der Waals surface area contributed by atoms with Gasteiger partial charge in [-0.1, -0.05) is 23.2 Å². The second kappa shape index (κ2) is 3.93.